The Labute approximate surface area is 198 Å². The fourth-order valence-electron chi connectivity index (χ4n) is 3.19. The van der Waals surface area contributed by atoms with Crippen molar-refractivity contribution in [1.82, 2.24) is 4.90 Å². The number of methoxy groups -OCH3 is 2. The van der Waals surface area contributed by atoms with Crippen molar-refractivity contribution in [3.63, 3.8) is 0 Å². The van der Waals surface area contributed by atoms with E-state index in [2.05, 4.69) is 5.32 Å². The summed E-state index contributed by atoms with van der Waals surface area (Å²) in [5.41, 5.74) is 1.42. The number of anilines is 1. The molecule has 2 aromatic rings. The molecular formula is C24H30N2O6S. The maximum atomic E-state index is 12.9. The molecule has 0 saturated carbocycles. The zero-order valence-corrected chi connectivity index (χ0v) is 20.6. The number of benzene rings is 1. The highest BCUT2D eigenvalue weighted by atomic mass is 32.1. The number of carbonyl (C=O) groups is 3. The van der Waals surface area contributed by atoms with Crippen LogP contribution in [0, 0.1) is 6.92 Å². The number of rotatable bonds is 10. The predicted octanol–water partition coefficient (Wildman–Crippen LogP) is 4.38. The average Bonchev–Trinajstić information content (AvgIpc) is 3.13. The van der Waals surface area contributed by atoms with Crippen molar-refractivity contribution in [2.75, 3.05) is 39.2 Å². The molecule has 1 heterocycles. The van der Waals surface area contributed by atoms with Crippen molar-refractivity contribution in [2.45, 2.75) is 27.7 Å². The number of hydrogen-bond acceptors (Lipinski definition) is 7. The number of hydrogen-bond donors (Lipinski definition) is 1. The van der Waals surface area contributed by atoms with Crippen molar-refractivity contribution in [1.29, 1.82) is 0 Å². The van der Waals surface area contributed by atoms with Crippen LogP contribution in [0.25, 0.3) is 6.08 Å². The van der Waals surface area contributed by atoms with Gasteiger partial charge in [0.2, 0.25) is 5.91 Å². The number of carbonyl (C=O) groups excluding carboxylic acids is 3. The maximum Gasteiger partial charge on any atom is 0.341 e. The van der Waals surface area contributed by atoms with E-state index >= 15 is 0 Å². The molecule has 0 saturated heterocycles. The fraction of sp³-hybridized carbons (Fsp3) is 0.375. The first kappa shape index (κ1) is 25.9. The second kappa shape index (κ2) is 12.1. The van der Waals surface area contributed by atoms with E-state index in [4.69, 9.17) is 14.2 Å². The van der Waals surface area contributed by atoms with E-state index in [0.717, 1.165) is 16.9 Å². The first-order chi connectivity index (χ1) is 15.8. The smallest absolute Gasteiger partial charge is 0.341 e. The van der Waals surface area contributed by atoms with Crippen molar-refractivity contribution in [3.05, 3.63) is 45.8 Å². The Morgan fingerprint density at radius 2 is 1.73 bits per heavy atom. The molecule has 0 bridgehead atoms. The van der Waals surface area contributed by atoms with Crippen LogP contribution in [0.15, 0.2) is 24.3 Å². The van der Waals surface area contributed by atoms with Crippen molar-refractivity contribution in [2.24, 2.45) is 0 Å². The molecular weight excluding hydrogens is 444 g/mol. The number of amides is 2. The van der Waals surface area contributed by atoms with E-state index < -0.39 is 11.9 Å². The molecule has 1 aromatic carbocycles. The van der Waals surface area contributed by atoms with Gasteiger partial charge in [-0.2, -0.15) is 0 Å². The van der Waals surface area contributed by atoms with E-state index in [1.807, 2.05) is 13.8 Å². The highest BCUT2D eigenvalue weighted by Gasteiger charge is 2.28. The topological polar surface area (TPSA) is 94.2 Å². The van der Waals surface area contributed by atoms with Gasteiger partial charge in [0.25, 0.3) is 5.91 Å². The molecule has 0 spiro atoms. The van der Waals surface area contributed by atoms with E-state index in [1.54, 1.807) is 50.1 Å². The van der Waals surface area contributed by atoms with Gasteiger partial charge in [-0.1, -0.05) is 6.07 Å². The summed E-state index contributed by atoms with van der Waals surface area (Å²) in [5, 5.41) is 3.01. The first-order valence-corrected chi connectivity index (χ1v) is 11.4. The van der Waals surface area contributed by atoms with Gasteiger partial charge in [-0.25, -0.2) is 4.79 Å². The summed E-state index contributed by atoms with van der Waals surface area (Å²) < 4.78 is 15.7. The minimum Gasteiger partial charge on any atom is -0.493 e. The molecule has 1 N–H and O–H groups in total. The molecule has 0 aliphatic rings. The van der Waals surface area contributed by atoms with Crippen LogP contribution in [0.2, 0.25) is 0 Å². The Morgan fingerprint density at radius 3 is 2.30 bits per heavy atom. The molecule has 33 heavy (non-hydrogen) atoms. The summed E-state index contributed by atoms with van der Waals surface area (Å²) in [6.45, 7) is 8.42. The Kier molecular flexibility index (Phi) is 9.47. The molecule has 0 fully saturated rings. The lowest BCUT2D eigenvalue weighted by Gasteiger charge is -2.18. The molecule has 2 rings (SSSR count). The second-order valence-corrected chi connectivity index (χ2v) is 7.92. The largest absolute Gasteiger partial charge is 0.493 e. The SMILES string of the molecule is CCOC(=O)c1c(NC(=O)/C=C/c2ccc(OC)c(OC)c2)sc(C(=O)N(CC)CC)c1C. The summed E-state index contributed by atoms with van der Waals surface area (Å²) in [7, 11) is 3.08. The molecule has 0 aliphatic heterocycles. The third-order valence-corrected chi connectivity index (χ3v) is 6.14. The first-order valence-electron chi connectivity index (χ1n) is 10.6. The van der Waals surface area contributed by atoms with Gasteiger partial charge in [-0.15, -0.1) is 11.3 Å². The van der Waals surface area contributed by atoms with Gasteiger partial charge >= 0.3 is 5.97 Å². The predicted molar refractivity (Wildman–Crippen MR) is 129 cm³/mol. The lowest BCUT2D eigenvalue weighted by molar-refractivity contribution is -0.111. The Balaban J connectivity index is 2.33. The molecule has 0 unspecified atom stereocenters. The van der Waals surface area contributed by atoms with Crippen LogP contribution in [-0.4, -0.2) is 56.6 Å². The van der Waals surface area contributed by atoms with E-state index in [9.17, 15) is 14.4 Å². The van der Waals surface area contributed by atoms with Crippen molar-refractivity contribution < 1.29 is 28.6 Å². The third-order valence-electron chi connectivity index (χ3n) is 4.94. The zero-order valence-electron chi connectivity index (χ0n) is 19.8. The fourth-order valence-corrected chi connectivity index (χ4v) is 4.36. The number of thiophene rings is 1. The lowest BCUT2D eigenvalue weighted by Crippen LogP contribution is -2.30. The van der Waals surface area contributed by atoms with Gasteiger partial charge in [-0.05, 0) is 57.0 Å². The van der Waals surface area contributed by atoms with E-state index in [0.29, 0.717) is 35.0 Å². The Morgan fingerprint density at radius 1 is 1.06 bits per heavy atom. The molecule has 178 valence electrons. The lowest BCUT2D eigenvalue weighted by atomic mass is 10.1. The van der Waals surface area contributed by atoms with Crippen molar-refractivity contribution >= 4 is 40.2 Å². The standard InChI is InChI=1S/C24H30N2O6S/c1-7-26(8-2)23(28)21-15(4)20(24(29)32-9-3)22(33-21)25-19(27)13-11-16-10-12-17(30-5)18(14-16)31-6/h10-14H,7-9H2,1-6H3,(H,25,27)/b13-11+. The summed E-state index contributed by atoms with van der Waals surface area (Å²) in [5.74, 6) is -0.0902. The van der Waals surface area contributed by atoms with E-state index in [1.165, 1.54) is 13.2 Å². The normalized spacial score (nSPS) is 10.7. The summed E-state index contributed by atoms with van der Waals surface area (Å²) in [4.78, 5) is 40.2. The van der Waals surface area contributed by atoms with Gasteiger partial charge in [-0.3, -0.25) is 9.59 Å². The number of nitrogens with zero attached hydrogens (tertiary/aromatic N) is 1. The van der Waals surface area contributed by atoms with Gasteiger partial charge in [0.15, 0.2) is 11.5 Å². The Hall–Kier alpha value is -3.33. The van der Waals surface area contributed by atoms with Gasteiger partial charge in [0, 0.05) is 19.2 Å². The molecule has 1 aromatic heterocycles. The number of nitrogens with one attached hydrogen (secondary N) is 1. The van der Waals surface area contributed by atoms with Crippen LogP contribution in [-0.2, 0) is 9.53 Å². The van der Waals surface area contributed by atoms with Crippen LogP contribution < -0.4 is 14.8 Å². The van der Waals surface area contributed by atoms with Gasteiger partial charge in [0.1, 0.15) is 5.00 Å². The van der Waals surface area contributed by atoms with Crippen LogP contribution in [0.1, 0.15) is 51.9 Å². The molecule has 2 amide bonds. The quantitative estimate of drug-likeness (QED) is 0.406. The molecule has 8 nitrogen and oxygen atoms in total. The highest BCUT2D eigenvalue weighted by Crippen LogP contribution is 2.35. The zero-order chi connectivity index (χ0) is 24.5. The molecule has 0 aliphatic carbocycles. The average molecular weight is 475 g/mol. The maximum absolute atomic E-state index is 12.9. The monoisotopic (exact) mass is 474 g/mol. The third kappa shape index (κ3) is 6.13. The van der Waals surface area contributed by atoms with Crippen molar-refractivity contribution in [3.8, 4) is 11.5 Å². The minimum atomic E-state index is -0.580. The molecule has 0 radical (unpaired) electrons. The van der Waals surface area contributed by atoms with Crippen LogP contribution in [0.4, 0.5) is 5.00 Å². The summed E-state index contributed by atoms with van der Waals surface area (Å²) in [6, 6.07) is 5.26. The highest BCUT2D eigenvalue weighted by molar-refractivity contribution is 7.18. The van der Waals surface area contributed by atoms with Crippen LogP contribution in [0.5, 0.6) is 11.5 Å². The minimum absolute atomic E-state index is 0.181. The number of ether oxygens (including phenoxy) is 3. The number of esters is 1. The van der Waals surface area contributed by atoms with E-state index in [-0.39, 0.29) is 23.1 Å². The van der Waals surface area contributed by atoms with Crippen LogP contribution in [0.3, 0.4) is 0 Å². The van der Waals surface area contributed by atoms with Gasteiger partial charge < -0.3 is 24.4 Å². The molecule has 0 atom stereocenters. The summed E-state index contributed by atoms with van der Waals surface area (Å²) in [6.07, 6.45) is 2.96. The molecule has 9 heteroatoms. The van der Waals surface area contributed by atoms with Crippen LogP contribution >= 0.6 is 11.3 Å². The summed E-state index contributed by atoms with van der Waals surface area (Å²) >= 11 is 1.07. The second-order valence-electron chi connectivity index (χ2n) is 6.90. The Bertz CT molecular complexity index is 1040. The van der Waals surface area contributed by atoms with Gasteiger partial charge in [0.05, 0.1) is 31.3 Å².